The number of hydrogen-bond donors (Lipinski definition) is 1. The molecule has 0 saturated carbocycles. The molecule has 2 heterocycles. The highest BCUT2D eigenvalue weighted by atomic mass is 32.2. The average Bonchev–Trinajstić information content (AvgIpc) is 3.24. The predicted octanol–water partition coefficient (Wildman–Crippen LogP) is 4.83. The van der Waals surface area contributed by atoms with E-state index in [9.17, 15) is 9.59 Å². The van der Waals surface area contributed by atoms with E-state index in [2.05, 4.69) is 48.4 Å². The average molecular weight is 478 g/mol. The molecule has 0 spiro atoms. The molecular formula is C26H31N5O2S. The van der Waals surface area contributed by atoms with Crippen LogP contribution in [0.1, 0.15) is 55.6 Å². The van der Waals surface area contributed by atoms with Gasteiger partial charge in [0.25, 0.3) is 11.5 Å². The van der Waals surface area contributed by atoms with Gasteiger partial charge in [-0.15, -0.1) is 10.2 Å². The number of carbonyl (C=O) groups excluding carboxylic acids is 1. The number of carbonyl (C=O) groups is 1. The molecule has 2 aromatic carbocycles. The van der Waals surface area contributed by atoms with Crippen LogP contribution in [-0.4, -0.2) is 31.1 Å². The Morgan fingerprint density at radius 2 is 1.88 bits per heavy atom. The Hall–Kier alpha value is -3.13. The van der Waals surface area contributed by atoms with Crippen LogP contribution < -0.4 is 10.9 Å². The van der Waals surface area contributed by atoms with Gasteiger partial charge in [0, 0.05) is 23.9 Å². The molecule has 1 unspecified atom stereocenters. The Bertz CT molecular complexity index is 1410. The van der Waals surface area contributed by atoms with Crippen molar-refractivity contribution in [2.45, 2.75) is 64.5 Å². The smallest absolute Gasteiger partial charge is 0.262 e. The molecule has 0 saturated heterocycles. The normalized spacial score (nSPS) is 12.5. The van der Waals surface area contributed by atoms with Crippen LogP contribution in [-0.2, 0) is 12.3 Å². The molecule has 0 fully saturated rings. The zero-order valence-electron chi connectivity index (χ0n) is 20.3. The Morgan fingerprint density at radius 3 is 2.59 bits per heavy atom. The molecule has 4 rings (SSSR count). The number of aryl methyl sites for hydroxylation is 1. The van der Waals surface area contributed by atoms with Crippen molar-refractivity contribution in [2.24, 2.45) is 5.92 Å². The van der Waals surface area contributed by atoms with Crippen molar-refractivity contribution < 1.29 is 4.79 Å². The van der Waals surface area contributed by atoms with E-state index in [-0.39, 0.29) is 23.4 Å². The van der Waals surface area contributed by atoms with Crippen LogP contribution in [0.25, 0.3) is 16.7 Å². The molecule has 8 heteroatoms. The van der Waals surface area contributed by atoms with Crippen molar-refractivity contribution in [1.82, 2.24) is 24.5 Å². The Balaban J connectivity index is 1.87. The first-order valence-electron chi connectivity index (χ1n) is 11.7. The fourth-order valence-corrected chi connectivity index (χ4v) is 4.89. The zero-order valence-corrected chi connectivity index (χ0v) is 21.1. The molecule has 2 aromatic heterocycles. The first-order valence-corrected chi connectivity index (χ1v) is 12.7. The van der Waals surface area contributed by atoms with Crippen molar-refractivity contribution in [2.75, 3.05) is 0 Å². The third-order valence-corrected chi connectivity index (χ3v) is 6.97. The van der Waals surface area contributed by atoms with Gasteiger partial charge in [0.05, 0.1) is 10.9 Å². The third-order valence-electron chi connectivity index (χ3n) is 5.99. The second-order valence-corrected chi connectivity index (χ2v) is 10.1. The fraction of sp³-hybridized carbons (Fsp3) is 0.385. The molecule has 0 radical (unpaired) electrons. The third kappa shape index (κ3) is 4.73. The van der Waals surface area contributed by atoms with Crippen molar-refractivity contribution >= 4 is 34.3 Å². The van der Waals surface area contributed by atoms with E-state index in [0.29, 0.717) is 33.9 Å². The zero-order chi connectivity index (χ0) is 24.4. The lowest BCUT2D eigenvalue weighted by atomic mass is 10.1. The number of rotatable bonds is 8. The predicted molar refractivity (Wildman–Crippen MR) is 138 cm³/mol. The lowest BCUT2D eigenvalue weighted by Gasteiger charge is -2.15. The Kier molecular flexibility index (Phi) is 7.07. The van der Waals surface area contributed by atoms with E-state index < -0.39 is 0 Å². The van der Waals surface area contributed by atoms with Gasteiger partial charge in [-0.05, 0) is 55.5 Å². The highest BCUT2D eigenvalue weighted by Crippen LogP contribution is 2.26. The number of nitrogens with zero attached hydrogens (tertiary/aromatic N) is 4. The summed E-state index contributed by atoms with van der Waals surface area (Å²) >= 11 is 1.57. The Morgan fingerprint density at radius 1 is 1.12 bits per heavy atom. The summed E-state index contributed by atoms with van der Waals surface area (Å²) in [4.78, 5) is 26.2. The number of benzene rings is 2. The van der Waals surface area contributed by atoms with Crippen LogP contribution in [0.15, 0.2) is 52.4 Å². The molecule has 7 nitrogen and oxygen atoms in total. The summed E-state index contributed by atoms with van der Waals surface area (Å²) in [5.74, 6) is 1.34. The summed E-state index contributed by atoms with van der Waals surface area (Å²) in [7, 11) is 0. The second kappa shape index (κ2) is 10.0. The van der Waals surface area contributed by atoms with E-state index in [1.54, 1.807) is 34.5 Å². The molecule has 0 bridgehead atoms. The maximum Gasteiger partial charge on any atom is 0.262 e. The Labute approximate surface area is 203 Å². The summed E-state index contributed by atoms with van der Waals surface area (Å²) in [6.45, 7) is 10.8. The van der Waals surface area contributed by atoms with E-state index in [0.717, 1.165) is 12.2 Å². The van der Waals surface area contributed by atoms with Crippen molar-refractivity contribution in [3.05, 3.63) is 69.5 Å². The van der Waals surface area contributed by atoms with Crippen LogP contribution in [0, 0.1) is 12.8 Å². The van der Waals surface area contributed by atoms with Crippen molar-refractivity contribution in [3.8, 4) is 0 Å². The van der Waals surface area contributed by atoms with Crippen molar-refractivity contribution in [3.63, 3.8) is 0 Å². The standard InChI is InChI=1S/C26H31N5O2S/c1-6-18(5)27-23(32)19-11-12-21-22(13-19)31-25(30(24(21)33)14-16(2)3)28-29-26(31)34-15-20-10-8-7-9-17(20)4/h7-13,16,18H,6,14-15H2,1-5H3,(H,27,32). The number of fused-ring (bicyclic) bond motifs is 3. The maximum atomic E-state index is 13.4. The van der Waals surface area contributed by atoms with Gasteiger partial charge in [-0.3, -0.25) is 18.6 Å². The molecular weight excluding hydrogens is 446 g/mol. The molecule has 1 amide bonds. The highest BCUT2D eigenvalue weighted by molar-refractivity contribution is 7.98. The molecule has 178 valence electrons. The van der Waals surface area contributed by atoms with E-state index in [4.69, 9.17) is 0 Å². The number of nitrogens with one attached hydrogen (secondary N) is 1. The summed E-state index contributed by atoms with van der Waals surface area (Å²) in [6.07, 6.45) is 0.842. The fourth-order valence-electron chi connectivity index (χ4n) is 3.87. The minimum absolute atomic E-state index is 0.0670. The lowest BCUT2D eigenvalue weighted by molar-refractivity contribution is 0.0939. The van der Waals surface area contributed by atoms with Gasteiger partial charge < -0.3 is 5.32 Å². The summed E-state index contributed by atoms with van der Waals surface area (Å²) < 4.78 is 3.61. The number of hydrogen-bond acceptors (Lipinski definition) is 5. The monoisotopic (exact) mass is 477 g/mol. The van der Waals surface area contributed by atoms with Gasteiger partial charge in [0.2, 0.25) is 5.78 Å². The van der Waals surface area contributed by atoms with Gasteiger partial charge >= 0.3 is 0 Å². The van der Waals surface area contributed by atoms with E-state index in [1.165, 1.54) is 11.1 Å². The number of amides is 1. The lowest BCUT2D eigenvalue weighted by Crippen LogP contribution is -2.32. The van der Waals surface area contributed by atoms with Crippen LogP contribution >= 0.6 is 11.8 Å². The van der Waals surface area contributed by atoms with E-state index in [1.807, 2.05) is 30.4 Å². The maximum absolute atomic E-state index is 13.4. The molecule has 1 atom stereocenters. The van der Waals surface area contributed by atoms with Gasteiger partial charge in [0.15, 0.2) is 5.16 Å². The van der Waals surface area contributed by atoms with Crippen LogP contribution in [0.3, 0.4) is 0 Å². The minimum atomic E-state index is -0.155. The molecule has 4 aromatic rings. The molecule has 34 heavy (non-hydrogen) atoms. The van der Waals surface area contributed by atoms with Crippen LogP contribution in [0.4, 0.5) is 0 Å². The van der Waals surface area contributed by atoms with Crippen molar-refractivity contribution in [1.29, 1.82) is 0 Å². The van der Waals surface area contributed by atoms with Gasteiger partial charge in [-0.25, -0.2) is 0 Å². The number of thioether (sulfide) groups is 1. The van der Waals surface area contributed by atoms with Crippen LogP contribution in [0.5, 0.6) is 0 Å². The molecule has 0 aliphatic carbocycles. The quantitative estimate of drug-likeness (QED) is 0.368. The highest BCUT2D eigenvalue weighted by Gasteiger charge is 2.19. The SMILES string of the molecule is CCC(C)NC(=O)c1ccc2c(=O)n(CC(C)C)c3nnc(SCc4ccccc4C)n3c2c1. The first-order chi connectivity index (χ1) is 16.3. The molecule has 1 N–H and O–H groups in total. The molecule has 0 aliphatic rings. The summed E-state index contributed by atoms with van der Waals surface area (Å²) in [5, 5.41) is 13.1. The second-order valence-electron chi connectivity index (χ2n) is 9.16. The summed E-state index contributed by atoms with van der Waals surface area (Å²) in [6, 6.07) is 13.6. The minimum Gasteiger partial charge on any atom is -0.350 e. The molecule has 0 aliphatic heterocycles. The van der Waals surface area contributed by atoms with Gasteiger partial charge in [-0.2, -0.15) is 0 Å². The number of aromatic nitrogens is 4. The first kappa shape index (κ1) is 24.0. The topological polar surface area (TPSA) is 81.3 Å². The van der Waals surface area contributed by atoms with Gasteiger partial charge in [0.1, 0.15) is 0 Å². The van der Waals surface area contributed by atoms with E-state index >= 15 is 0 Å². The summed E-state index contributed by atoms with van der Waals surface area (Å²) in [5.41, 5.74) is 3.48. The largest absolute Gasteiger partial charge is 0.350 e. The van der Waals surface area contributed by atoms with Crippen LogP contribution in [0.2, 0.25) is 0 Å². The van der Waals surface area contributed by atoms with Gasteiger partial charge in [-0.1, -0.05) is 56.8 Å².